The third-order valence-electron chi connectivity index (χ3n) is 6.07. The van der Waals surface area contributed by atoms with E-state index in [0.717, 1.165) is 0 Å². The van der Waals surface area contributed by atoms with Gasteiger partial charge in [0.2, 0.25) is 0 Å². The number of hydrogen-bond donors (Lipinski definition) is 2. The minimum Gasteiger partial charge on any atom is -0.312 e. The Hall–Kier alpha value is -1.57. The highest BCUT2D eigenvalue weighted by Crippen LogP contribution is 2.62. The van der Waals surface area contributed by atoms with Crippen LogP contribution in [0, 0.1) is 0 Å². The van der Waals surface area contributed by atoms with Gasteiger partial charge in [-0.25, -0.2) is 26.8 Å². The molecule has 0 saturated heterocycles. The number of hydrogen-bond acceptors (Lipinski definition) is 1. The van der Waals surface area contributed by atoms with Crippen LogP contribution >= 0.6 is 7.75 Å². The minimum atomic E-state index is -8.46. The van der Waals surface area contributed by atoms with Crippen molar-refractivity contribution in [3.63, 3.8) is 0 Å². The predicted molar refractivity (Wildman–Crippen MR) is 104 cm³/mol. The van der Waals surface area contributed by atoms with Crippen LogP contribution in [0.3, 0.4) is 0 Å². The Bertz CT molecular complexity index is 1060. The summed E-state index contributed by atoms with van der Waals surface area (Å²) in [6.07, 6.45) is -20.4. The van der Waals surface area contributed by atoms with E-state index in [1.165, 1.54) is 0 Å². The minimum absolute atomic E-state index is 0.177. The zero-order valence-corrected chi connectivity index (χ0v) is 22.9. The molecule has 29 heteroatoms. The highest BCUT2D eigenvalue weighted by molar-refractivity contribution is 7.49. The summed E-state index contributed by atoms with van der Waals surface area (Å²) in [6.45, 7) is 0.354. The summed E-state index contributed by atoms with van der Waals surface area (Å²) in [5.74, 6) is -80.3. The van der Waals surface area contributed by atoms with E-state index in [9.17, 15) is 120 Å². The average Bonchev–Trinajstić information content (AvgIpc) is 2.80. The van der Waals surface area contributed by atoms with Gasteiger partial charge in [-0.15, -0.1) is 0 Å². The molecule has 0 bridgehead atoms. The SMILES string of the molecule is CC(C)N(C(CC(F)(F)C(F)(F)C(F)(F)C(F)(F)C(F)(F)C(F)F)CC(F)(F)C(F)(F)C(F)(F)C(F)(F)C(F)(F)C(F)F)P(=O)(O)O. The van der Waals surface area contributed by atoms with Crippen molar-refractivity contribution < 1.29 is 120 Å². The Balaban J connectivity index is 7.45. The molecule has 0 saturated carbocycles. The average molecular weight is 781 g/mol. The molecule has 0 spiro atoms. The van der Waals surface area contributed by atoms with Crippen LogP contribution in [0.5, 0.6) is 0 Å². The molecule has 0 aromatic rings. The lowest BCUT2D eigenvalue weighted by Gasteiger charge is -2.44. The van der Waals surface area contributed by atoms with Crippen molar-refractivity contribution in [3.05, 3.63) is 0 Å². The van der Waals surface area contributed by atoms with E-state index in [-0.39, 0.29) is 13.8 Å². The zero-order chi connectivity index (χ0) is 38.8. The van der Waals surface area contributed by atoms with Gasteiger partial charge in [0.15, 0.2) is 0 Å². The van der Waals surface area contributed by atoms with Crippen LogP contribution in [0.25, 0.3) is 0 Å². The molecule has 0 atom stereocenters. The van der Waals surface area contributed by atoms with Gasteiger partial charge in [-0.05, 0) is 13.8 Å². The number of halogens is 24. The molecule has 284 valence electrons. The molecule has 4 nitrogen and oxygen atoms in total. The molecule has 0 radical (unpaired) electrons. The van der Waals surface area contributed by atoms with Gasteiger partial charge in [-0.2, -0.15) is 87.8 Å². The van der Waals surface area contributed by atoms with E-state index in [1.54, 1.807) is 0 Å². The fourth-order valence-electron chi connectivity index (χ4n) is 3.59. The van der Waals surface area contributed by atoms with Gasteiger partial charge in [-0.3, -0.25) is 0 Å². The molecule has 0 amide bonds. The molecule has 0 aliphatic rings. The van der Waals surface area contributed by atoms with Crippen LogP contribution < -0.4 is 0 Å². The van der Waals surface area contributed by atoms with Crippen molar-refractivity contribution in [2.75, 3.05) is 0 Å². The maximum atomic E-state index is 14.5. The van der Waals surface area contributed by atoms with E-state index in [0.29, 0.717) is 0 Å². The molecule has 2 N–H and O–H groups in total. The number of nitrogens with zero attached hydrogens (tertiary/aromatic N) is 1. The van der Waals surface area contributed by atoms with E-state index in [2.05, 4.69) is 0 Å². The van der Waals surface area contributed by atoms with Gasteiger partial charge in [-0.1, -0.05) is 0 Å². The molecule has 0 aliphatic carbocycles. The first-order valence-corrected chi connectivity index (χ1v) is 12.8. The van der Waals surface area contributed by atoms with Crippen molar-refractivity contribution in [1.29, 1.82) is 0 Å². The molecule has 0 aromatic carbocycles. The van der Waals surface area contributed by atoms with Gasteiger partial charge < -0.3 is 9.79 Å². The Labute approximate surface area is 244 Å². The second-order valence-electron chi connectivity index (χ2n) is 9.75. The van der Waals surface area contributed by atoms with Crippen molar-refractivity contribution in [1.82, 2.24) is 4.67 Å². The standard InChI is InChI=1S/C18H16F24NO3P/c1-5(2)43(47(44,45)46)6(3-9(23,24)13(31,32)17(39,40)15(35,36)11(27,28)7(19)20)4-10(25,26)14(33,34)18(41,42)16(37,38)12(29,30)8(21)22/h5-8H,3-4H2,1-2H3,(H2,44,45,46). The molecule has 0 rings (SSSR count). The first-order chi connectivity index (χ1) is 20.0. The maximum Gasteiger partial charge on any atom is 0.403 e. The van der Waals surface area contributed by atoms with Gasteiger partial charge >= 0.3 is 79.8 Å². The fourth-order valence-corrected chi connectivity index (χ4v) is 4.78. The topological polar surface area (TPSA) is 60.8 Å². The van der Waals surface area contributed by atoms with Crippen molar-refractivity contribution in [3.8, 4) is 0 Å². The van der Waals surface area contributed by atoms with Crippen LogP contribution in [0.15, 0.2) is 0 Å². The van der Waals surface area contributed by atoms with Crippen molar-refractivity contribution in [2.45, 2.75) is 111 Å². The summed E-state index contributed by atoms with van der Waals surface area (Å²) < 4.78 is 335. The summed E-state index contributed by atoms with van der Waals surface area (Å²) in [5.41, 5.74) is 0. The second kappa shape index (κ2) is 12.6. The van der Waals surface area contributed by atoms with Gasteiger partial charge in [0.25, 0.3) is 0 Å². The quantitative estimate of drug-likeness (QED) is 0.115. The summed E-state index contributed by atoms with van der Waals surface area (Å²) in [7, 11) is -6.82. The zero-order valence-electron chi connectivity index (χ0n) is 22.0. The van der Waals surface area contributed by atoms with Gasteiger partial charge in [0.05, 0.1) is 0 Å². The molecule has 0 unspecified atom stereocenters. The Morgan fingerprint density at radius 2 is 0.723 bits per heavy atom. The molecule has 0 heterocycles. The normalized spacial score (nSPS) is 16.4. The van der Waals surface area contributed by atoms with Gasteiger partial charge in [0.1, 0.15) is 0 Å². The van der Waals surface area contributed by atoms with Crippen molar-refractivity contribution in [2.24, 2.45) is 0 Å². The summed E-state index contributed by atoms with van der Waals surface area (Å²) >= 11 is 0. The lowest BCUT2D eigenvalue weighted by Crippen LogP contribution is -2.70. The first-order valence-electron chi connectivity index (χ1n) is 11.2. The Morgan fingerprint density at radius 3 is 0.894 bits per heavy atom. The molecular weight excluding hydrogens is 765 g/mol. The predicted octanol–water partition coefficient (Wildman–Crippen LogP) is 8.82. The fraction of sp³-hybridized carbons (Fsp3) is 1.00. The van der Waals surface area contributed by atoms with Crippen LogP contribution in [0.1, 0.15) is 26.7 Å². The lowest BCUT2D eigenvalue weighted by molar-refractivity contribution is -0.417. The van der Waals surface area contributed by atoms with E-state index >= 15 is 0 Å². The Morgan fingerprint density at radius 1 is 0.489 bits per heavy atom. The molecule has 0 fully saturated rings. The van der Waals surface area contributed by atoms with E-state index in [4.69, 9.17) is 0 Å². The van der Waals surface area contributed by atoms with Crippen molar-refractivity contribution >= 4 is 7.75 Å². The monoisotopic (exact) mass is 781 g/mol. The Kier molecular flexibility index (Phi) is 12.2. The van der Waals surface area contributed by atoms with Gasteiger partial charge in [0, 0.05) is 24.9 Å². The summed E-state index contributed by atoms with van der Waals surface area (Å²) in [6, 6.07) is -7.16. The highest BCUT2D eigenvalue weighted by Gasteiger charge is 2.89. The highest BCUT2D eigenvalue weighted by atomic mass is 31.2. The largest absolute Gasteiger partial charge is 0.403 e. The van der Waals surface area contributed by atoms with Crippen LogP contribution in [0.2, 0.25) is 0 Å². The maximum absolute atomic E-state index is 14.5. The van der Waals surface area contributed by atoms with Crippen LogP contribution in [-0.4, -0.2) is 98.6 Å². The molecular formula is C18H16F24NO3P. The molecule has 0 aromatic heterocycles. The van der Waals surface area contributed by atoms with Crippen LogP contribution in [-0.2, 0) is 4.57 Å². The summed E-state index contributed by atoms with van der Waals surface area (Å²) in [5, 5.41) is 0. The van der Waals surface area contributed by atoms with E-state index in [1.807, 2.05) is 0 Å². The number of rotatable bonds is 17. The summed E-state index contributed by atoms with van der Waals surface area (Å²) in [4.78, 5) is 18.4. The lowest BCUT2D eigenvalue weighted by atomic mass is 9.87. The smallest absolute Gasteiger partial charge is 0.312 e. The second-order valence-corrected chi connectivity index (χ2v) is 11.2. The number of alkyl halides is 24. The first kappa shape index (κ1) is 45.4. The van der Waals surface area contributed by atoms with E-state index < -0.39 is 109 Å². The third-order valence-corrected chi connectivity index (χ3v) is 7.46. The molecule has 0 aliphatic heterocycles. The third kappa shape index (κ3) is 7.06. The van der Waals surface area contributed by atoms with Crippen LogP contribution in [0.4, 0.5) is 105 Å². The molecule has 47 heavy (non-hydrogen) atoms.